The number of ether oxygens (including phenoxy) is 1. The molecule has 2 nitrogen and oxygen atoms in total. The minimum atomic E-state index is -4.84. The van der Waals surface area contributed by atoms with Crippen molar-refractivity contribution in [2.45, 2.75) is 12.4 Å². The van der Waals surface area contributed by atoms with E-state index in [2.05, 4.69) is 4.98 Å². The Hall–Kier alpha value is -2.25. The number of hydrogen-bond acceptors (Lipinski definition) is 2. The van der Waals surface area contributed by atoms with Crippen molar-refractivity contribution < 1.29 is 31.1 Å². The fourth-order valence-electron chi connectivity index (χ4n) is 1.54. The average Bonchev–Trinajstić information content (AvgIpc) is 2.37. The van der Waals surface area contributed by atoms with Gasteiger partial charge in [-0.05, 0) is 24.3 Å². The van der Waals surface area contributed by atoms with Crippen molar-refractivity contribution in [1.29, 1.82) is 0 Å². The van der Waals surface area contributed by atoms with Gasteiger partial charge in [-0.25, -0.2) is 4.98 Å². The van der Waals surface area contributed by atoms with E-state index < -0.39 is 29.2 Å². The summed E-state index contributed by atoms with van der Waals surface area (Å²) >= 11 is 0. The highest BCUT2D eigenvalue weighted by Crippen LogP contribution is 2.41. The van der Waals surface area contributed by atoms with Gasteiger partial charge in [0, 0.05) is 12.3 Å². The van der Waals surface area contributed by atoms with Crippen molar-refractivity contribution in [3.63, 3.8) is 0 Å². The molecule has 21 heavy (non-hydrogen) atoms. The predicted octanol–water partition coefficient (Wildman–Crippen LogP) is 4.91. The van der Waals surface area contributed by atoms with Gasteiger partial charge in [0.1, 0.15) is 5.75 Å². The fourth-order valence-corrected chi connectivity index (χ4v) is 1.54. The molecule has 0 aliphatic rings. The summed E-state index contributed by atoms with van der Waals surface area (Å²) in [4.78, 5) is 3.62. The Bertz CT molecular complexity index is 621. The zero-order valence-electron chi connectivity index (χ0n) is 10.2. The summed E-state index contributed by atoms with van der Waals surface area (Å²) in [6.45, 7) is 0. The van der Waals surface area contributed by atoms with E-state index in [1.165, 1.54) is 24.4 Å². The number of hydrogen-bond donors (Lipinski definition) is 0. The molecule has 1 heterocycles. The third-order valence-electron chi connectivity index (χ3n) is 2.47. The Morgan fingerprint density at radius 3 is 2.10 bits per heavy atom. The molecule has 0 unspecified atom stereocenters. The number of rotatable bonds is 2. The topological polar surface area (TPSA) is 22.1 Å². The molecular formula is C13H7F6NO. The van der Waals surface area contributed by atoms with Gasteiger partial charge in [-0.15, -0.1) is 0 Å². The molecule has 0 atom stereocenters. The van der Waals surface area contributed by atoms with Gasteiger partial charge < -0.3 is 4.74 Å². The van der Waals surface area contributed by atoms with Gasteiger partial charge in [0.25, 0.3) is 0 Å². The molecule has 1 aromatic heterocycles. The first-order chi connectivity index (χ1) is 9.68. The number of halogens is 6. The first-order valence-electron chi connectivity index (χ1n) is 5.55. The minimum Gasteiger partial charge on any atom is -0.438 e. The van der Waals surface area contributed by atoms with Gasteiger partial charge in [0.2, 0.25) is 5.88 Å². The maximum Gasteiger partial charge on any atom is 0.419 e. The van der Waals surface area contributed by atoms with Crippen molar-refractivity contribution >= 4 is 0 Å². The van der Waals surface area contributed by atoms with Crippen LogP contribution in [0.15, 0.2) is 42.6 Å². The van der Waals surface area contributed by atoms with Crippen LogP contribution in [0.5, 0.6) is 11.6 Å². The maximum atomic E-state index is 12.8. The van der Waals surface area contributed by atoms with Crippen LogP contribution in [0.1, 0.15) is 11.1 Å². The fraction of sp³-hybridized carbons (Fsp3) is 0.154. The lowest BCUT2D eigenvalue weighted by Crippen LogP contribution is -2.11. The molecule has 0 aliphatic heterocycles. The Labute approximate surface area is 115 Å². The molecule has 0 bridgehead atoms. The molecule has 0 aliphatic carbocycles. The summed E-state index contributed by atoms with van der Waals surface area (Å²) in [6.07, 6.45) is -8.36. The smallest absolute Gasteiger partial charge is 0.419 e. The van der Waals surface area contributed by atoms with Gasteiger partial charge >= 0.3 is 12.4 Å². The van der Waals surface area contributed by atoms with Gasteiger partial charge in [0.15, 0.2) is 0 Å². The van der Waals surface area contributed by atoms with E-state index in [0.717, 1.165) is 0 Å². The molecule has 0 radical (unpaired) electrons. The summed E-state index contributed by atoms with van der Waals surface area (Å²) in [7, 11) is 0. The molecule has 0 spiro atoms. The molecular weight excluding hydrogens is 300 g/mol. The third-order valence-corrected chi connectivity index (χ3v) is 2.47. The summed E-state index contributed by atoms with van der Waals surface area (Å²) in [5.74, 6) is -1.18. The molecule has 0 fully saturated rings. The van der Waals surface area contributed by atoms with Crippen LogP contribution < -0.4 is 4.74 Å². The second-order valence-corrected chi connectivity index (χ2v) is 3.98. The van der Waals surface area contributed by atoms with Gasteiger partial charge in [0.05, 0.1) is 11.1 Å². The summed E-state index contributed by atoms with van der Waals surface area (Å²) < 4.78 is 81.0. The lowest BCUT2D eigenvalue weighted by Gasteiger charge is -2.15. The van der Waals surface area contributed by atoms with Crippen molar-refractivity contribution in [3.8, 4) is 11.6 Å². The lowest BCUT2D eigenvalue weighted by molar-refractivity contribution is -0.142. The largest absolute Gasteiger partial charge is 0.438 e. The van der Waals surface area contributed by atoms with E-state index in [1.54, 1.807) is 0 Å². The SMILES string of the molecule is FC(F)(F)c1ccc(C(F)(F)F)c(Oc2ccccn2)c1. The van der Waals surface area contributed by atoms with Gasteiger partial charge in [-0.2, -0.15) is 26.3 Å². The van der Waals surface area contributed by atoms with E-state index in [0.29, 0.717) is 18.2 Å². The zero-order valence-corrected chi connectivity index (χ0v) is 10.2. The van der Waals surface area contributed by atoms with E-state index in [1.807, 2.05) is 0 Å². The van der Waals surface area contributed by atoms with Crippen LogP contribution in [0.25, 0.3) is 0 Å². The molecule has 0 amide bonds. The van der Waals surface area contributed by atoms with Crippen molar-refractivity contribution in [2.75, 3.05) is 0 Å². The molecule has 8 heteroatoms. The average molecular weight is 307 g/mol. The number of nitrogens with zero attached hydrogens (tertiary/aromatic N) is 1. The van der Waals surface area contributed by atoms with Crippen molar-refractivity contribution in [1.82, 2.24) is 4.98 Å². The Balaban J connectivity index is 2.49. The molecule has 0 saturated heterocycles. The highest BCUT2D eigenvalue weighted by Gasteiger charge is 2.38. The summed E-state index contributed by atoms with van der Waals surface area (Å²) in [6, 6.07) is 5.15. The summed E-state index contributed by atoms with van der Waals surface area (Å²) in [5, 5.41) is 0. The number of benzene rings is 1. The van der Waals surface area contributed by atoms with E-state index in [9.17, 15) is 26.3 Å². The van der Waals surface area contributed by atoms with E-state index >= 15 is 0 Å². The van der Waals surface area contributed by atoms with Gasteiger partial charge in [-0.3, -0.25) is 0 Å². The minimum absolute atomic E-state index is 0.234. The van der Waals surface area contributed by atoms with Crippen molar-refractivity contribution in [2.24, 2.45) is 0 Å². The second-order valence-electron chi connectivity index (χ2n) is 3.98. The van der Waals surface area contributed by atoms with Crippen LogP contribution in [0, 0.1) is 0 Å². The molecule has 2 rings (SSSR count). The second kappa shape index (κ2) is 5.27. The van der Waals surface area contributed by atoms with Gasteiger partial charge in [-0.1, -0.05) is 6.07 Å². The zero-order chi connectivity index (χ0) is 15.7. The van der Waals surface area contributed by atoms with Crippen molar-refractivity contribution in [3.05, 3.63) is 53.7 Å². The first-order valence-corrected chi connectivity index (χ1v) is 5.55. The van der Waals surface area contributed by atoms with Crippen LogP contribution >= 0.6 is 0 Å². The molecule has 2 aromatic rings. The lowest BCUT2D eigenvalue weighted by atomic mass is 10.1. The van der Waals surface area contributed by atoms with Crippen LogP contribution in [0.3, 0.4) is 0 Å². The van der Waals surface area contributed by atoms with Crippen LogP contribution in [-0.4, -0.2) is 4.98 Å². The Kier molecular flexibility index (Phi) is 3.80. The Morgan fingerprint density at radius 2 is 1.57 bits per heavy atom. The van der Waals surface area contributed by atoms with Crippen LogP contribution in [0.4, 0.5) is 26.3 Å². The molecule has 0 saturated carbocycles. The van der Waals surface area contributed by atoms with E-state index in [4.69, 9.17) is 4.74 Å². The standard InChI is InChI=1S/C13H7F6NO/c14-12(15,16)8-4-5-9(13(17,18)19)10(7-8)21-11-3-1-2-6-20-11/h1-7H. The monoisotopic (exact) mass is 307 g/mol. The quantitative estimate of drug-likeness (QED) is 0.735. The predicted molar refractivity (Wildman–Crippen MR) is 60.8 cm³/mol. The third kappa shape index (κ3) is 3.65. The van der Waals surface area contributed by atoms with Crippen LogP contribution in [0.2, 0.25) is 0 Å². The maximum absolute atomic E-state index is 12.8. The Morgan fingerprint density at radius 1 is 0.857 bits per heavy atom. The number of pyridine rings is 1. The van der Waals surface area contributed by atoms with E-state index in [-0.39, 0.29) is 5.88 Å². The molecule has 0 N–H and O–H groups in total. The first kappa shape index (κ1) is 15.1. The summed E-state index contributed by atoms with van der Waals surface area (Å²) in [5.41, 5.74) is -2.54. The normalized spacial score (nSPS) is 12.3. The number of alkyl halides is 6. The molecule has 1 aromatic carbocycles. The number of aromatic nitrogens is 1. The highest BCUT2D eigenvalue weighted by atomic mass is 19.4. The highest BCUT2D eigenvalue weighted by molar-refractivity contribution is 5.42. The molecule has 112 valence electrons. The van der Waals surface area contributed by atoms with Crippen LogP contribution in [-0.2, 0) is 12.4 Å².